The number of hydrogen-bond acceptors (Lipinski definition) is 5. The quantitative estimate of drug-likeness (QED) is 0.352. The molecule has 146 valence electrons. The molecule has 0 unspecified atom stereocenters. The van der Waals surface area contributed by atoms with Crippen LogP contribution in [0.1, 0.15) is 44.7 Å². The summed E-state index contributed by atoms with van der Waals surface area (Å²) >= 11 is 1.77. The molecular weight excluding hydrogens is 346 g/mol. The van der Waals surface area contributed by atoms with E-state index in [0.29, 0.717) is 0 Å². The molecule has 26 heavy (non-hydrogen) atoms. The van der Waals surface area contributed by atoms with E-state index in [2.05, 4.69) is 32.8 Å². The fourth-order valence-corrected chi connectivity index (χ4v) is 3.92. The number of aromatic nitrogens is 1. The number of anilines is 1. The van der Waals surface area contributed by atoms with Gasteiger partial charge < -0.3 is 20.3 Å². The van der Waals surface area contributed by atoms with Crippen molar-refractivity contribution >= 4 is 22.4 Å². The monoisotopic (exact) mass is 379 g/mol. The fraction of sp³-hybridized carbons (Fsp3) is 0.789. The van der Waals surface area contributed by atoms with Crippen LogP contribution in [0.25, 0.3) is 0 Å². The van der Waals surface area contributed by atoms with Gasteiger partial charge in [-0.3, -0.25) is 4.99 Å². The van der Waals surface area contributed by atoms with Crippen molar-refractivity contribution < 1.29 is 4.74 Å². The summed E-state index contributed by atoms with van der Waals surface area (Å²) in [6.07, 6.45) is 7.21. The number of nitrogens with one attached hydrogen (secondary N) is 2. The lowest BCUT2D eigenvalue weighted by molar-refractivity contribution is 0.123. The molecule has 0 aromatic carbocycles. The smallest absolute Gasteiger partial charge is 0.191 e. The fourth-order valence-electron chi connectivity index (χ4n) is 3.01. The normalized spacial score (nSPS) is 17.7. The van der Waals surface area contributed by atoms with Crippen LogP contribution >= 0.6 is 11.3 Å². The highest BCUT2D eigenvalue weighted by molar-refractivity contribution is 7.13. The Hall–Kier alpha value is -1.34. The molecule has 1 aromatic rings. The molecule has 2 fully saturated rings. The number of rotatable bonds is 11. The first-order chi connectivity index (χ1) is 12.8. The van der Waals surface area contributed by atoms with Gasteiger partial charge in [-0.15, -0.1) is 11.3 Å². The summed E-state index contributed by atoms with van der Waals surface area (Å²) < 4.78 is 5.66. The summed E-state index contributed by atoms with van der Waals surface area (Å²) in [6.45, 7) is 8.70. The number of nitrogens with zero attached hydrogens (tertiary/aromatic N) is 3. The van der Waals surface area contributed by atoms with Gasteiger partial charge in [0.05, 0.1) is 5.69 Å². The predicted molar refractivity (Wildman–Crippen MR) is 109 cm³/mol. The van der Waals surface area contributed by atoms with Gasteiger partial charge in [-0.1, -0.05) is 0 Å². The number of ether oxygens (including phenoxy) is 1. The SMILES string of the molecule is CCNC(=NCCCOCC1CC1)NCCc1csc(N2CCCC2)n1. The molecule has 1 saturated heterocycles. The molecule has 1 aliphatic carbocycles. The van der Waals surface area contributed by atoms with Gasteiger partial charge in [0, 0.05) is 57.7 Å². The number of guanidine groups is 1. The highest BCUT2D eigenvalue weighted by Crippen LogP contribution is 2.28. The second-order valence-electron chi connectivity index (χ2n) is 7.12. The second-order valence-corrected chi connectivity index (χ2v) is 7.96. The van der Waals surface area contributed by atoms with Gasteiger partial charge in [0.25, 0.3) is 0 Å². The summed E-state index contributed by atoms with van der Waals surface area (Å²) in [5.41, 5.74) is 1.17. The van der Waals surface area contributed by atoms with E-state index in [1.54, 1.807) is 11.3 Å². The highest BCUT2D eigenvalue weighted by atomic mass is 32.1. The third-order valence-corrected chi connectivity index (χ3v) is 5.65. The number of aliphatic imine (C=N–C) groups is 1. The average molecular weight is 380 g/mol. The van der Waals surface area contributed by atoms with Crippen LogP contribution in [0.2, 0.25) is 0 Å². The minimum atomic E-state index is 0.801. The summed E-state index contributed by atoms with van der Waals surface area (Å²) in [5, 5.41) is 10.1. The maximum absolute atomic E-state index is 5.66. The van der Waals surface area contributed by atoms with Crippen molar-refractivity contribution in [3.8, 4) is 0 Å². The lowest BCUT2D eigenvalue weighted by atomic mass is 10.3. The molecule has 0 amide bonds. The first-order valence-corrected chi connectivity index (χ1v) is 11.0. The van der Waals surface area contributed by atoms with Crippen molar-refractivity contribution in [3.05, 3.63) is 11.1 Å². The molecule has 0 atom stereocenters. The van der Waals surface area contributed by atoms with Gasteiger partial charge in [0.15, 0.2) is 11.1 Å². The molecule has 1 aliphatic heterocycles. The third kappa shape index (κ3) is 6.76. The summed E-state index contributed by atoms with van der Waals surface area (Å²) in [5.74, 6) is 1.74. The second kappa shape index (κ2) is 10.7. The van der Waals surface area contributed by atoms with Gasteiger partial charge in [-0.25, -0.2) is 4.98 Å². The number of thiazole rings is 1. The minimum Gasteiger partial charge on any atom is -0.381 e. The van der Waals surface area contributed by atoms with Crippen LogP contribution in [-0.2, 0) is 11.2 Å². The largest absolute Gasteiger partial charge is 0.381 e. The molecule has 1 saturated carbocycles. The Kier molecular flexibility index (Phi) is 8.01. The van der Waals surface area contributed by atoms with Crippen LogP contribution in [0.4, 0.5) is 5.13 Å². The molecule has 0 bridgehead atoms. The van der Waals surface area contributed by atoms with E-state index < -0.39 is 0 Å². The van der Waals surface area contributed by atoms with Crippen molar-refractivity contribution in [1.29, 1.82) is 0 Å². The van der Waals surface area contributed by atoms with Crippen LogP contribution in [0, 0.1) is 5.92 Å². The van der Waals surface area contributed by atoms with E-state index in [1.807, 2.05) is 0 Å². The topological polar surface area (TPSA) is 61.8 Å². The van der Waals surface area contributed by atoms with Crippen LogP contribution in [-0.4, -0.2) is 56.9 Å². The zero-order chi connectivity index (χ0) is 18.0. The first kappa shape index (κ1) is 19.4. The Morgan fingerprint density at radius 3 is 2.96 bits per heavy atom. The Balaban J connectivity index is 1.32. The Morgan fingerprint density at radius 2 is 2.19 bits per heavy atom. The van der Waals surface area contributed by atoms with E-state index in [4.69, 9.17) is 9.72 Å². The highest BCUT2D eigenvalue weighted by Gasteiger charge is 2.20. The lowest BCUT2D eigenvalue weighted by Gasteiger charge is -2.12. The molecule has 2 N–H and O–H groups in total. The molecule has 1 aromatic heterocycles. The zero-order valence-electron chi connectivity index (χ0n) is 16.0. The van der Waals surface area contributed by atoms with E-state index in [9.17, 15) is 0 Å². The maximum atomic E-state index is 5.66. The van der Waals surface area contributed by atoms with Gasteiger partial charge in [-0.2, -0.15) is 0 Å². The molecule has 3 rings (SSSR count). The molecule has 7 heteroatoms. The van der Waals surface area contributed by atoms with Gasteiger partial charge in [-0.05, 0) is 44.9 Å². The molecule has 2 aliphatic rings. The van der Waals surface area contributed by atoms with E-state index in [0.717, 1.165) is 70.7 Å². The zero-order valence-corrected chi connectivity index (χ0v) is 16.8. The van der Waals surface area contributed by atoms with Crippen molar-refractivity contribution in [3.63, 3.8) is 0 Å². The Bertz CT molecular complexity index is 552. The summed E-state index contributed by atoms with van der Waals surface area (Å²) in [6, 6.07) is 0. The standard InChI is InChI=1S/C19H33N5OS/c1-2-20-18(21-9-5-13-25-14-16-6-7-16)22-10-8-17-15-26-19(23-17)24-11-3-4-12-24/h15-16H,2-14H2,1H3,(H2,20,21,22). The van der Waals surface area contributed by atoms with E-state index in [-0.39, 0.29) is 0 Å². The summed E-state index contributed by atoms with van der Waals surface area (Å²) in [7, 11) is 0. The average Bonchev–Trinajstić information content (AvgIpc) is 3.11. The lowest BCUT2D eigenvalue weighted by Crippen LogP contribution is -2.38. The number of hydrogen-bond donors (Lipinski definition) is 2. The molecule has 0 radical (unpaired) electrons. The molecule has 0 spiro atoms. The van der Waals surface area contributed by atoms with Gasteiger partial charge in [0.2, 0.25) is 0 Å². The maximum Gasteiger partial charge on any atom is 0.191 e. The van der Waals surface area contributed by atoms with Gasteiger partial charge in [0.1, 0.15) is 0 Å². The van der Waals surface area contributed by atoms with Crippen molar-refractivity contribution in [2.75, 3.05) is 50.8 Å². The minimum absolute atomic E-state index is 0.801. The van der Waals surface area contributed by atoms with Crippen LogP contribution < -0.4 is 15.5 Å². The van der Waals surface area contributed by atoms with Crippen molar-refractivity contribution in [1.82, 2.24) is 15.6 Å². The van der Waals surface area contributed by atoms with Crippen LogP contribution in [0.5, 0.6) is 0 Å². The van der Waals surface area contributed by atoms with Gasteiger partial charge >= 0.3 is 0 Å². The molecule has 6 nitrogen and oxygen atoms in total. The Labute approximate surface area is 161 Å². The first-order valence-electron chi connectivity index (χ1n) is 10.1. The third-order valence-electron chi connectivity index (χ3n) is 4.70. The van der Waals surface area contributed by atoms with E-state index >= 15 is 0 Å². The van der Waals surface area contributed by atoms with Crippen LogP contribution in [0.3, 0.4) is 0 Å². The van der Waals surface area contributed by atoms with Crippen molar-refractivity contribution in [2.45, 2.75) is 45.4 Å². The van der Waals surface area contributed by atoms with Crippen LogP contribution in [0.15, 0.2) is 10.4 Å². The van der Waals surface area contributed by atoms with E-state index in [1.165, 1.54) is 36.5 Å². The molecular formula is C19H33N5OS. The summed E-state index contributed by atoms with van der Waals surface area (Å²) in [4.78, 5) is 11.8. The Morgan fingerprint density at radius 1 is 1.35 bits per heavy atom. The molecule has 2 heterocycles. The predicted octanol–water partition coefficient (Wildman–Crippen LogP) is 2.66. The van der Waals surface area contributed by atoms with Crippen molar-refractivity contribution in [2.24, 2.45) is 10.9 Å².